The fourth-order valence-corrected chi connectivity index (χ4v) is 12.3. The van der Waals surface area contributed by atoms with E-state index < -0.39 is 190 Å². The van der Waals surface area contributed by atoms with E-state index in [2.05, 4.69) is 51.5 Å². The second-order valence-corrected chi connectivity index (χ2v) is 25.3. The second-order valence-electron chi connectivity index (χ2n) is 23.9. The fraction of sp³-hybridized carbons (Fsp3) is 0.548. The van der Waals surface area contributed by atoms with E-state index >= 15 is 4.79 Å². The van der Waals surface area contributed by atoms with Crippen LogP contribution in [0.5, 0.6) is 17.2 Å². The first-order valence-electron chi connectivity index (χ1n) is 31.6. The number of phenolic OH excluding ortho intramolecular Hbond substituents is 1. The number of aliphatic hydroxyl groups is 7. The van der Waals surface area contributed by atoms with Crippen LogP contribution in [0.2, 0.25) is 0 Å². The van der Waals surface area contributed by atoms with Gasteiger partial charge in [0.1, 0.15) is 58.1 Å². The van der Waals surface area contributed by atoms with Crippen molar-refractivity contribution in [3.63, 3.8) is 0 Å². The number of fused-ring (bicyclic) bond motifs is 2. The van der Waals surface area contributed by atoms with E-state index in [1.165, 1.54) is 36.5 Å². The Labute approximate surface area is 594 Å². The summed E-state index contributed by atoms with van der Waals surface area (Å²) in [6.07, 6.45) is -9.68. The summed E-state index contributed by atoms with van der Waals surface area (Å²) in [6.45, 7) is 1.65. The first-order valence-corrected chi connectivity index (χ1v) is 33.0. The zero-order chi connectivity index (χ0) is 70.5. The molecule has 532 valence electrons. The van der Waals surface area contributed by atoms with Crippen molar-refractivity contribution < 1.29 is 137 Å². The van der Waals surface area contributed by atoms with E-state index in [-0.39, 0.29) is 71.7 Å². The molecule has 98 heavy (non-hydrogen) atoms. The maximum absolute atomic E-state index is 15.0. The number of carbonyl (C=O) groups excluding carboxylic acids is 8. The summed E-state index contributed by atoms with van der Waals surface area (Å²) in [5, 5.41) is 128. The van der Waals surface area contributed by atoms with Crippen LogP contribution in [-0.4, -0.2) is 240 Å². The molecule has 16 N–H and O–H groups in total. The molecule has 3 aliphatic heterocycles. The number of phenols is 1. The number of benzene rings is 3. The molecule has 3 aromatic carbocycles. The van der Waals surface area contributed by atoms with E-state index in [0.29, 0.717) is 27.9 Å². The third kappa shape index (κ3) is 22.4. The van der Waals surface area contributed by atoms with Gasteiger partial charge in [-0.15, -0.1) is 14.5 Å². The molecule has 36 heteroatoms. The van der Waals surface area contributed by atoms with Crippen LogP contribution in [0.25, 0.3) is 21.1 Å². The summed E-state index contributed by atoms with van der Waals surface area (Å²) in [5.41, 5.74) is 6.90. The molecule has 3 fully saturated rings. The number of hydrogen-bond donors (Lipinski definition) is 15. The van der Waals surface area contributed by atoms with Crippen molar-refractivity contribution in [2.45, 2.75) is 157 Å². The van der Waals surface area contributed by atoms with Gasteiger partial charge in [0.15, 0.2) is 11.5 Å². The Morgan fingerprint density at radius 2 is 1.40 bits per heavy atom. The summed E-state index contributed by atoms with van der Waals surface area (Å²) < 4.78 is 20.2. The SMILES string of the molecule is COCCCCCCCOc1ccc(-c2nnc(-c3ccc(C(=O)N[C@H]4C[C@H](O)CNC(=O)[C@@H]5[C@@H](O)[C@H](C)CN5C(=O)[C@H]([C@H](O)CCNC(=O)[C@@H](O)CCN)NC(=O)[C@H]([C@H](O)Cc5ccc(O)c(OSOO[O-])c5)NC(=O)[C@@H]5C[C@H](O)CN5C(=O)[C@H]([C@H](C)O)NC4=O)cc3)s2)cc1.[Na+]. The van der Waals surface area contributed by atoms with Crippen LogP contribution in [0, 0.1) is 5.92 Å². The number of ether oxygens (including phenoxy) is 2. The minimum Gasteiger partial charge on any atom is -0.691 e. The Morgan fingerprint density at radius 3 is 2.05 bits per heavy atom. The van der Waals surface area contributed by atoms with Crippen LogP contribution in [0.15, 0.2) is 66.7 Å². The molecule has 0 saturated carbocycles. The van der Waals surface area contributed by atoms with Crippen molar-refractivity contribution in [1.82, 2.24) is 51.9 Å². The third-order valence-corrected chi connectivity index (χ3v) is 17.9. The average molecular weight is 1420 g/mol. The van der Waals surface area contributed by atoms with E-state index in [9.17, 15) is 79.7 Å². The number of rotatable bonds is 28. The Kier molecular flexibility index (Phi) is 32.2. The van der Waals surface area contributed by atoms with Crippen molar-refractivity contribution in [1.29, 1.82) is 0 Å². The van der Waals surface area contributed by atoms with Crippen molar-refractivity contribution in [2.24, 2.45) is 11.7 Å². The molecule has 4 aromatic rings. The van der Waals surface area contributed by atoms with Crippen molar-refractivity contribution in [3.05, 3.63) is 77.9 Å². The molecule has 3 aliphatic rings. The first-order chi connectivity index (χ1) is 46.4. The Hall–Kier alpha value is -6.75. The number of unbranched alkanes of at least 4 members (excludes halogenated alkanes) is 4. The standard InChI is InChI=1S/C62H85N11O22S2.Na/c1-32-30-73-51(52(32)81)58(87)65-29-38(75)27-41(66-53(82)35-10-12-36(13-11-35)59-70-71-60(96-59)37-14-16-40(17-15-37)92-24-8-6-4-5-7-23-91-3)54(83)67-48(33(2)74)61(88)72-31-39(76)28-42(72)55(84)68-49(46(80)25-34-9-18-43(77)47(26-34)93-97-95-94-90)57(86)69-50(62(73)89)44(78)20-22-64-56(85)45(79)19-21-63;/h9-18,26,32-33,38-39,41-42,44-46,48-52,74-81,90H,4-8,19-25,27-31,63H2,1-3H3,(H,64,85)(H,65,87)(H,66,82)(H,67,83)(H,68,84)(H,69,86);/q;+1/p-1/t32-,33+,38+,39+,41+,42+,44-,45+,46-,48+,49+,50+,51+,52+;/m1./s1. The van der Waals surface area contributed by atoms with Crippen LogP contribution >= 0.6 is 23.7 Å². The molecule has 3 saturated heterocycles. The van der Waals surface area contributed by atoms with Gasteiger partial charge in [0, 0.05) is 81.8 Å². The van der Waals surface area contributed by atoms with Crippen LogP contribution in [0.1, 0.15) is 87.6 Å². The molecule has 0 bridgehead atoms. The maximum atomic E-state index is 15.0. The van der Waals surface area contributed by atoms with Gasteiger partial charge in [-0.1, -0.05) is 55.7 Å². The fourth-order valence-electron chi connectivity index (χ4n) is 11.2. The number of nitrogens with two attached hydrogens (primary N) is 1. The maximum Gasteiger partial charge on any atom is 1.00 e. The van der Waals surface area contributed by atoms with Gasteiger partial charge < -0.3 is 107 Å². The average Bonchev–Trinajstić information content (AvgIpc) is 1.60. The molecule has 4 heterocycles. The van der Waals surface area contributed by atoms with Crippen LogP contribution < -0.4 is 81.4 Å². The molecular weight excluding hydrogens is 1340 g/mol. The third-order valence-electron chi connectivity index (χ3n) is 16.6. The summed E-state index contributed by atoms with van der Waals surface area (Å²) in [7, 11) is 1.69. The topological polar surface area (TPSA) is 498 Å². The molecule has 33 nitrogen and oxygen atoms in total. The van der Waals surface area contributed by atoms with Crippen LogP contribution in [0.4, 0.5) is 0 Å². The van der Waals surface area contributed by atoms with Gasteiger partial charge in [0.25, 0.3) is 18.2 Å². The van der Waals surface area contributed by atoms with Crippen LogP contribution in [-0.2, 0) is 54.1 Å². The van der Waals surface area contributed by atoms with Gasteiger partial charge in [0.05, 0.1) is 43.2 Å². The normalized spacial score (nSPS) is 24.0. The van der Waals surface area contributed by atoms with Crippen molar-refractivity contribution in [3.8, 4) is 38.4 Å². The Bertz CT molecular complexity index is 3290. The number of aliphatic hydroxyl groups excluding tert-OH is 7. The summed E-state index contributed by atoms with van der Waals surface area (Å²) in [4.78, 5) is 117. The number of β-amino-alcohol motifs (C(OH)–C–C–N with tert-alkyl or cyclic N) is 1. The second kappa shape index (κ2) is 39.3. The number of aromatic hydroxyl groups is 1. The molecule has 0 spiro atoms. The number of nitrogens with zero attached hydrogens (tertiary/aromatic N) is 4. The molecule has 7 rings (SSSR count). The van der Waals surface area contributed by atoms with Gasteiger partial charge in [-0.2, -0.15) is 0 Å². The van der Waals surface area contributed by atoms with E-state index in [0.717, 1.165) is 73.1 Å². The van der Waals surface area contributed by atoms with Gasteiger partial charge in [-0.25, -0.2) is 0 Å². The first kappa shape index (κ1) is 80.2. The Balaban J connectivity index is 0.0000152. The van der Waals surface area contributed by atoms with Crippen molar-refractivity contribution >= 4 is 70.9 Å². The number of nitrogens with one attached hydrogen (secondary N) is 6. The number of carbonyl (C=O) groups is 8. The van der Waals surface area contributed by atoms with Gasteiger partial charge >= 0.3 is 29.6 Å². The molecule has 14 atom stereocenters. The molecule has 0 unspecified atom stereocenters. The Morgan fingerprint density at radius 1 is 0.765 bits per heavy atom. The predicted molar refractivity (Wildman–Crippen MR) is 342 cm³/mol. The summed E-state index contributed by atoms with van der Waals surface area (Å²) in [5.74, 6) is -10.2. The van der Waals surface area contributed by atoms with E-state index in [4.69, 9.17) is 19.4 Å². The smallest absolute Gasteiger partial charge is 0.691 e. The molecule has 1 aromatic heterocycles. The number of methoxy groups -OCH3 is 1. The number of aromatic nitrogens is 2. The van der Waals surface area contributed by atoms with Crippen LogP contribution in [0.3, 0.4) is 0 Å². The summed E-state index contributed by atoms with van der Waals surface area (Å²) in [6, 6.07) is 5.25. The van der Waals surface area contributed by atoms with Gasteiger partial charge in [-0.05, 0) is 93.2 Å². The predicted octanol–water partition coefficient (Wildman–Crippen LogP) is -6.11. The van der Waals surface area contributed by atoms with Gasteiger partial charge in [0.2, 0.25) is 41.4 Å². The zero-order valence-electron chi connectivity index (χ0n) is 54.4. The molecular formula is C62H84N11NaO22S2. The number of hydrogen-bond acceptors (Lipinski definition) is 27. The van der Waals surface area contributed by atoms with Gasteiger partial charge in [-0.3, -0.25) is 43.4 Å². The largest absolute Gasteiger partial charge is 1.00 e. The monoisotopic (exact) mass is 1420 g/mol. The zero-order valence-corrected chi connectivity index (χ0v) is 58.1. The molecule has 8 amide bonds. The minimum absolute atomic E-state index is 0. The quantitative estimate of drug-likeness (QED) is 0.00827. The van der Waals surface area contributed by atoms with Crippen molar-refractivity contribution in [2.75, 3.05) is 53.0 Å². The number of amides is 8. The minimum atomic E-state index is -2.21. The van der Waals surface area contributed by atoms with E-state index in [1.807, 2.05) is 24.3 Å². The van der Waals surface area contributed by atoms with E-state index in [1.54, 1.807) is 19.2 Å². The summed E-state index contributed by atoms with van der Waals surface area (Å²) >= 11 is 1.28. The molecule has 0 aliphatic carbocycles. The molecule has 0 radical (unpaired) electrons.